The first-order chi connectivity index (χ1) is 61.7. The molecule has 1 unspecified atom stereocenters. The number of aliphatic hydroxyl groups is 1. The summed E-state index contributed by atoms with van der Waals surface area (Å²) in [5.41, 5.74) is 15.7. The van der Waals surface area contributed by atoms with Gasteiger partial charge in [-0.05, 0) is 234 Å². The van der Waals surface area contributed by atoms with Gasteiger partial charge in [-0.15, -0.1) is 0 Å². The number of rotatable bonds is 21. The molecule has 1 aliphatic heterocycles. The average molecular weight is 1940 g/mol. The molecule has 0 aromatic heterocycles. The third kappa shape index (κ3) is 37.8. The molecule has 666 valence electrons. The number of carbonyl (C=O) groups is 7. The molecule has 18 nitrogen and oxygen atoms in total. The Labute approximate surface area is 807 Å². The summed E-state index contributed by atoms with van der Waals surface area (Å²) in [5, 5.41) is 44.2. The van der Waals surface area contributed by atoms with Crippen LogP contribution in [-0.4, -0.2) is 129 Å². The SMILES string of the molecule is CC1CCCO1.CC=Cc1cccc(-c2cccc(C(=O)OC)c2)c1.CCCc1cccc(-c2cccc(C(=O)O)c2)c1.CCCc1cccc(-c2cccc(C(=O)OC)c2)c1.CC[P+](c1ccccc1)(c1ccccc1)c1ccccc1.CO.COC(=O)c1cccc(-c2cccc(C=O)c2)c1.COC(=O)c1cccc(B(O)O)c1.O=Cc1cccc(Br)c1.[I-].[NH-]O.[Na+]. The smallest absolute Gasteiger partial charge is 1.00 e. The second kappa shape index (κ2) is 63.7. The first kappa shape index (κ1) is 112. The number of methoxy groups -OCH3 is 4. The van der Waals surface area contributed by atoms with E-state index in [1.807, 2.05) is 122 Å². The summed E-state index contributed by atoms with van der Waals surface area (Å²) < 4.78 is 24.7. The number of carboxylic acids is 1. The van der Waals surface area contributed by atoms with Crippen LogP contribution in [-0.2, 0) is 36.5 Å². The summed E-state index contributed by atoms with van der Waals surface area (Å²) in [6.07, 6.45) is 14.3. The van der Waals surface area contributed by atoms with Crippen LogP contribution in [0.1, 0.15) is 149 Å². The van der Waals surface area contributed by atoms with Gasteiger partial charge >= 0.3 is 66.5 Å². The summed E-state index contributed by atoms with van der Waals surface area (Å²) in [6, 6.07) is 107. The van der Waals surface area contributed by atoms with Gasteiger partial charge in [-0.2, -0.15) is 0 Å². The molecule has 1 saturated heterocycles. The number of allylic oxidation sites excluding steroid dienone is 1. The second-order valence-corrected chi connectivity index (χ2v) is 32.7. The molecule has 1 fully saturated rings. The molecule has 23 heteroatoms. The molecule has 13 aromatic rings. The third-order valence-corrected chi connectivity index (χ3v) is 24.3. The number of aromatic carboxylic acids is 1. The van der Waals surface area contributed by atoms with Crippen LogP contribution in [0.5, 0.6) is 0 Å². The van der Waals surface area contributed by atoms with Crippen molar-refractivity contribution in [1.82, 2.24) is 0 Å². The molecule has 0 amide bonds. The van der Waals surface area contributed by atoms with Gasteiger partial charge in [-0.25, -0.2) is 24.0 Å². The number of aldehydes is 2. The number of carbonyl (C=O) groups excluding carboxylic acids is 6. The maximum atomic E-state index is 11.5. The molecule has 129 heavy (non-hydrogen) atoms. The van der Waals surface area contributed by atoms with E-state index in [4.69, 9.17) is 45.6 Å². The minimum absolute atomic E-state index is 0. The monoisotopic (exact) mass is 1940 g/mol. The van der Waals surface area contributed by atoms with Crippen molar-refractivity contribution >= 4 is 100 Å². The normalized spacial score (nSPS) is 11.0. The maximum Gasteiger partial charge on any atom is 1.00 e. The van der Waals surface area contributed by atoms with Crippen molar-refractivity contribution in [3.8, 4) is 44.5 Å². The van der Waals surface area contributed by atoms with E-state index in [1.54, 1.807) is 78.9 Å². The van der Waals surface area contributed by atoms with Gasteiger partial charge in [0.2, 0.25) is 0 Å². The first-order valence-corrected chi connectivity index (χ1v) is 43.9. The van der Waals surface area contributed by atoms with Crippen LogP contribution in [0.4, 0.5) is 0 Å². The predicted octanol–water partition coefficient (Wildman–Crippen LogP) is 15.9. The number of aliphatic hydroxyl groups excluding tert-OH is 1. The number of hydrogen-bond donors (Lipinski definition) is 5. The molecule has 1 heterocycles. The standard InChI is InChI=1S/C20H20P.C17H18O2.C17H16O2.C16H16O2.C15H12O3.C8H9BO4.C7H5BrO.C5H10O.CH4O.HI.H2NO.Na/c1-2-21(18-12-6-3-7-13-18,19-14-8-4-9-15-19)20-16-10-5-11-17-20;2*1-3-6-13-7-4-8-14(11-13)15-9-5-10-16(12-15)17(18)19-2;1-2-5-12-6-3-7-13(10-12)14-8-4-9-15(11-14)16(17)18;1-18-15(17)14-7-3-6-13(9-14)12-5-2-4-11(8-12)10-16;1-13-8(10)6-3-2-4-7(5-6)9(11)12;8-7-3-1-2-6(4-7)5-9;1-5-3-2-4-6-5;1-2;;1-2;/h3-17H,2H2,1H3;4-5,7-12H,3,6H2,1-2H3;3-12H,1-2H3;3-4,6-11H,2,5H2,1H3,(H,17,18);2-10H,1H3;2-5,11-12H,1H3;1-5H;5H,2-4H2,1H3;2H,1H3;1H;1-2H;/q+1;;;;;;;;;;-1;+1/p-1. The number of hydrogen-bond acceptors (Lipinski definition) is 16. The molecule has 13 aromatic carbocycles. The van der Waals surface area contributed by atoms with Crippen LogP contribution in [0.3, 0.4) is 0 Å². The van der Waals surface area contributed by atoms with Crippen LogP contribution in [0.15, 0.2) is 344 Å². The number of nitrogens with one attached hydrogen (secondary N) is 1. The molecule has 0 saturated carbocycles. The Bertz CT molecular complexity index is 5450. The Hall–Kier alpha value is -11.2. The quantitative estimate of drug-likeness (QED) is 0.00849. The topological polar surface area (TPSA) is 291 Å². The number of carboxylic acid groups (broad SMARTS) is 1. The van der Waals surface area contributed by atoms with Gasteiger partial charge in [0.15, 0.2) is 0 Å². The van der Waals surface area contributed by atoms with Gasteiger partial charge in [0.25, 0.3) is 0 Å². The molecule has 14 rings (SSSR count). The van der Waals surface area contributed by atoms with Gasteiger partial charge < -0.3 is 79.0 Å². The Balaban J connectivity index is 0.000000383. The number of ether oxygens (including phenoxy) is 5. The van der Waals surface area contributed by atoms with E-state index in [9.17, 15) is 33.6 Å². The Morgan fingerprint density at radius 1 is 0.426 bits per heavy atom. The predicted molar refractivity (Wildman–Crippen MR) is 518 cm³/mol. The fourth-order valence-corrected chi connectivity index (χ4v) is 17.6. The molecular formula is C106H112BBrINNaO17P. The van der Waals surface area contributed by atoms with E-state index in [2.05, 4.69) is 187 Å². The Morgan fingerprint density at radius 2 is 0.736 bits per heavy atom. The molecule has 1 aliphatic rings. The van der Waals surface area contributed by atoms with Crippen molar-refractivity contribution in [3.05, 3.63) is 406 Å². The van der Waals surface area contributed by atoms with Crippen molar-refractivity contribution in [2.75, 3.05) is 48.3 Å². The van der Waals surface area contributed by atoms with E-state index in [1.165, 1.54) is 86.5 Å². The minimum Gasteiger partial charge on any atom is -1.00 e. The van der Waals surface area contributed by atoms with Crippen molar-refractivity contribution in [2.45, 2.75) is 79.2 Å². The first-order valence-electron chi connectivity index (χ1n) is 41.1. The average Bonchev–Trinajstić information content (AvgIpc) is 0.916. The Kier molecular flexibility index (Phi) is 55.2. The zero-order chi connectivity index (χ0) is 92.7. The largest absolute Gasteiger partial charge is 1.00 e. The summed E-state index contributed by atoms with van der Waals surface area (Å²) in [4.78, 5) is 77.4. The van der Waals surface area contributed by atoms with E-state index < -0.39 is 26.3 Å². The van der Waals surface area contributed by atoms with Gasteiger partial charge in [-0.3, -0.25) is 9.59 Å². The fourth-order valence-electron chi connectivity index (χ4n) is 13.2. The summed E-state index contributed by atoms with van der Waals surface area (Å²) in [7, 11) is 3.31. The van der Waals surface area contributed by atoms with Crippen molar-refractivity contribution in [1.29, 1.82) is 0 Å². The van der Waals surface area contributed by atoms with Crippen LogP contribution in [0, 0.1) is 0 Å². The van der Waals surface area contributed by atoms with E-state index in [-0.39, 0.29) is 76.9 Å². The molecule has 1 atom stereocenters. The third-order valence-electron chi connectivity index (χ3n) is 19.3. The minimum atomic E-state index is -1.57. The Morgan fingerprint density at radius 3 is 1.04 bits per heavy atom. The maximum absolute atomic E-state index is 11.5. The van der Waals surface area contributed by atoms with Gasteiger partial charge in [0.1, 0.15) is 35.7 Å². The molecular weight excluding hydrogens is 1830 g/mol. The van der Waals surface area contributed by atoms with Crippen LogP contribution < -0.4 is 74.9 Å². The summed E-state index contributed by atoms with van der Waals surface area (Å²) in [6.45, 7) is 11.7. The molecule has 0 aliphatic carbocycles. The fraction of sp³-hybridized carbons (Fsp3) is 0.179. The number of esters is 4. The van der Waals surface area contributed by atoms with Gasteiger partial charge in [-0.1, -0.05) is 267 Å². The number of halogens is 2. The summed E-state index contributed by atoms with van der Waals surface area (Å²) in [5.74, 6) is 2.38. The summed E-state index contributed by atoms with van der Waals surface area (Å²) >= 11 is 3.24. The second-order valence-electron chi connectivity index (χ2n) is 28.0. The van der Waals surface area contributed by atoms with Crippen LogP contribution in [0.25, 0.3) is 56.5 Å². The molecule has 0 bridgehead atoms. The van der Waals surface area contributed by atoms with E-state index >= 15 is 0 Å². The zero-order valence-corrected chi connectivity index (χ0v) is 81.4. The number of benzene rings is 13. The van der Waals surface area contributed by atoms with Crippen molar-refractivity contribution < 1.29 is 136 Å². The van der Waals surface area contributed by atoms with Crippen molar-refractivity contribution in [3.63, 3.8) is 0 Å². The van der Waals surface area contributed by atoms with Gasteiger partial charge in [0, 0.05) is 29.3 Å². The van der Waals surface area contributed by atoms with Crippen molar-refractivity contribution in [2.24, 2.45) is 0 Å². The zero-order valence-electron chi connectivity index (χ0n) is 74.7. The number of aryl methyl sites for hydroxylation is 2. The van der Waals surface area contributed by atoms with Crippen LogP contribution in [0.2, 0.25) is 0 Å². The molecule has 0 spiro atoms. The molecule has 0 radical (unpaired) electrons. The molecule has 6 N–H and O–H groups in total. The van der Waals surface area contributed by atoms with Crippen LogP contribution >= 0.6 is 23.2 Å². The van der Waals surface area contributed by atoms with E-state index in [0.29, 0.717) is 45.0 Å². The van der Waals surface area contributed by atoms with E-state index in [0.717, 1.165) is 113 Å². The van der Waals surface area contributed by atoms with Gasteiger partial charge in [0.05, 0.1) is 68.5 Å².